The monoisotopic (exact) mass is 409 g/mol. The summed E-state index contributed by atoms with van der Waals surface area (Å²) in [6.07, 6.45) is -6.86. The van der Waals surface area contributed by atoms with Crippen LogP contribution in [0.5, 0.6) is 5.75 Å². The van der Waals surface area contributed by atoms with Crippen molar-refractivity contribution in [3.63, 3.8) is 0 Å². The topological polar surface area (TPSA) is 143 Å². The maximum atomic E-state index is 11.6. The second-order valence-corrected chi connectivity index (χ2v) is 7.15. The average molecular weight is 409 g/mol. The van der Waals surface area contributed by atoms with Crippen molar-refractivity contribution in [3.8, 4) is 5.75 Å². The Morgan fingerprint density at radius 1 is 1.11 bits per heavy atom. The molecule has 2 heterocycles. The van der Waals surface area contributed by atoms with Gasteiger partial charge in [0.1, 0.15) is 24.1 Å². The highest BCUT2D eigenvalue weighted by Gasteiger charge is 2.48. The number of nitrogens with zero attached hydrogens (tertiary/aromatic N) is 1. The number of carboxylic acid groups (broad SMARTS) is 1. The van der Waals surface area contributed by atoms with Gasteiger partial charge < -0.3 is 35.1 Å². The molecule has 28 heavy (non-hydrogen) atoms. The molecule has 5 atom stereocenters. The van der Waals surface area contributed by atoms with Crippen molar-refractivity contribution in [3.05, 3.63) is 59.4 Å². The Labute approximate surface area is 164 Å². The fourth-order valence-electron chi connectivity index (χ4n) is 2.63. The first-order chi connectivity index (χ1) is 13.4. The first-order valence-corrected chi connectivity index (χ1v) is 9.34. The molecule has 0 amide bonds. The second kappa shape index (κ2) is 8.76. The number of carboxylic acids is 1. The van der Waals surface area contributed by atoms with Gasteiger partial charge in [0.15, 0.2) is 12.3 Å². The minimum Gasteiger partial charge on any atom is -0.618 e. The Bertz CT molecular complexity index is 817. The molecule has 1 aliphatic rings. The molecule has 0 spiro atoms. The molecule has 0 bridgehead atoms. The lowest BCUT2D eigenvalue weighted by molar-refractivity contribution is -0.645. The molecule has 1 aliphatic heterocycles. The van der Waals surface area contributed by atoms with Gasteiger partial charge >= 0.3 is 5.97 Å². The molecule has 0 radical (unpaired) electrons. The zero-order chi connectivity index (χ0) is 20.3. The van der Waals surface area contributed by atoms with Crippen LogP contribution in [-0.4, -0.2) is 57.1 Å². The molecule has 1 aromatic carbocycles. The van der Waals surface area contributed by atoms with Crippen LogP contribution in [0.25, 0.3) is 0 Å². The number of aliphatic carboxylic acids is 1. The number of carbonyl (C=O) groups is 1. The van der Waals surface area contributed by atoms with Gasteiger partial charge in [-0.1, -0.05) is 23.9 Å². The summed E-state index contributed by atoms with van der Waals surface area (Å²) < 4.78 is 11.3. The van der Waals surface area contributed by atoms with Crippen LogP contribution >= 0.6 is 11.8 Å². The van der Waals surface area contributed by atoms with Gasteiger partial charge in [-0.05, 0) is 23.8 Å². The third-order valence-corrected chi connectivity index (χ3v) is 5.25. The van der Waals surface area contributed by atoms with Gasteiger partial charge in [-0.15, -0.1) is 0 Å². The summed E-state index contributed by atoms with van der Waals surface area (Å²) in [6, 6.07) is 11.8. The van der Waals surface area contributed by atoms with E-state index in [9.17, 15) is 25.3 Å². The van der Waals surface area contributed by atoms with E-state index in [1.165, 1.54) is 18.0 Å². The molecule has 1 saturated heterocycles. The van der Waals surface area contributed by atoms with Crippen molar-refractivity contribution in [1.82, 2.24) is 0 Å². The van der Waals surface area contributed by atoms with Crippen LogP contribution in [0.15, 0.2) is 53.7 Å². The summed E-state index contributed by atoms with van der Waals surface area (Å²) in [6.45, 7) is 0. The molecule has 0 aliphatic carbocycles. The number of pyridine rings is 1. The summed E-state index contributed by atoms with van der Waals surface area (Å²) in [5.74, 6) is -0.652. The normalized spacial score (nSPS) is 27.3. The van der Waals surface area contributed by atoms with E-state index in [0.717, 1.165) is 10.3 Å². The molecule has 0 unspecified atom stereocenters. The number of hydrogen-bond acceptors (Lipinski definition) is 8. The van der Waals surface area contributed by atoms with Crippen molar-refractivity contribution < 1.29 is 39.4 Å². The molecule has 150 valence electrons. The van der Waals surface area contributed by atoms with Crippen LogP contribution < -0.4 is 9.47 Å². The van der Waals surface area contributed by atoms with E-state index >= 15 is 0 Å². The van der Waals surface area contributed by atoms with Crippen molar-refractivity contribution in [2.24, 2.45) is 0 Å². The van der Waals surface area contributed by atoms with Gasteiger partial charge in [-0.25, -0.2) is 4.79 Å². The van der Waals surface area contributed by atoms with E-state index in [-0.39, 0.29) is 5.75 Å². The number of ether oxygens (including phenoxy) is 2. The molecule has 4 N–H and O–H groups in total. The predicted octanol–water partition coefficient (Wildman–Crippen LogP) is -0.117. The maximum absolute atomic E-state index is 11.6. The van der Waals surface area contributed by atoms with Gasteiger partial charge in [0, 0.05) is 17.9 Å². The van der Waals surface area contributed by atoms with Crippen LogP contribution in [0.4, 0.5) is 0 Å². The number of thioether (sulfide) groups is 1. The standard InChI is InChI=1S/C18H19NO8S/c20-13-14(21)16(17(23)24)27-18(15(13)22)26-11-6-4-10(5-7-11)9-28-12-3-1-2-8-19(12)25/h1-8,13-16,18,20-22H,9H2,(H,23,24)/t13-,14-,15+,16-,18+/m0/s1. The summed E-state index contributed by atoms with van der Waals surface area (Å²) in [5, 5.41) is 50.7. The summed E-state index contributed by atoms with van der Waals surface area (Å²) >= 11 is 1.36. The van der Waals surface area contributed by atoms with Gasteiger partial charge in [0.05, 0.1) is 0 Å². The second-order valence-electron chi connectivity index (χ2n) is 6.15. The van der Waals surface area contributed by atoms with Crippen molar-refractivity contribution in [1.29, 1.82) is 0 Å². The zero-order valence-electron chi connectivity index (χ0n) is 14.5. The molecule has 1 fully saturated rings. The molecule has 3 rings (SSSR count). The lowest BCUT2D eigenvalue weighted by atomic mass is 9.99. The smallest absolute Gasteiger partial charge is 0.335 e. The summed E-state index contributed by atoms with van der Waals surface area (Å²) in [7, 11) is 0. The molecule has 0 saturated carbocycles. The highest BCUT2D eigenvalue weighted by molar-refractivity contribution is 7.98. The maximum Gasteiger partial charge on any atom is 0.335 e. The number of benzene rings is 1. The predicted molar refractivity (Wildman–Crippen MR) is 96.4 cm³/mol. The number of hydrogen-bond donors (Lipinski definition) is 4. The minimum atomic E-state index is -1.77. The largest absolute Gasteiger partial charge is 0.618 e. The van der Waals surface area contributed by atoms with Crippen LogP contribution in [0.3, 0.4) is 0 Å². The SMILES string of the molecule is O=C(O)[C@H]1O[C@@H](Oc2ccc(CSc3cccc[n+]3[O-])cc2)[C@H](O)[C@@H](O)[C@@H]1O. The quantitative estimate of drug-likeness (QED) is 0.292. The summed E-state index contributed by atoms with van der Waals surface area (Å²) in [4.78, 5) is 11.1. The highest BCUT2D eigenvalue weighted by atomic mass is 32.2. The molecule has 2 aromatic rings. The molecular weight excluding hydrogens is 390 g/mol. The van der Waals surface area contributed by atoms with Crippen LogP contribution in [-0.2, 0) is 15.3 Å². The lowest BCUT2D eigenvalue weighted by Gasteiger charge is -2.38. The van der Waals surface area contributed by atoms with Gasteiger partial charge in [-0.3, -0.25) is 0 Å². The fourth-order valence-corrected chi connectivity index (χ4v) is 3.50. The first-order valence-electron chi connectivity index (χ1n) is 8.36. The van der Waals surface area contributed by atoms with E-state index in [0.29, 0.717) is 10.8 Å². The Morgan fingerprint density at radius 2 is 1.82 bits per heavy atom. The highest BCUT2D eigenvalue weighted by Crippen LogP contribution is 2.26. The molecule has 9 nitrogen and oxygen atoms in total. The Balaban J connectivity index is 1.62. The molecular formula is C18H19NO8S. The van der Waals surface area contributed by atoms with E-state index in [1.807, 2.05) is 0 Å². The van der Waals surface area contributed by atoms with Gasteiger partial charge in [-0.2, -0.15) is 4.73 Å². The average Bonchev–Trinajstić information content (AvgIpc) is 2.68. The van der Waals surface area contributed by atoms with Crippen LogP contribution in [0.2, 0.25) is 0 Å². The number of aliphatic hydroxyl groups is 3. The van der Waals surface area contributed by atoms with Gasteiger partial charge in [0.25, 0.3) is 5.03 Å². The summed E-state index contributed by atoms with van der Waals surface area (Å²) in [5.41, 5.74) is 0.908. The van der Waals surface area contributed by atoms with Crippen molar-refractivity contribution >= 4 is 17.7 Å². The fraction of sp³-hybridized carbons (Fsp3) is 0.333. The van der Waals surface area contributed by atoms with Crippen LogP contribution in [0, 0.1) is 5.21 Å². The lowest BCUT2D eigenvalue weighted by Crippen LogP contribution is -2.61. The van der Waals surface area contributed by atoms with E-state index in [1.54, 1.807) is 42.5 Å². The Morgan fingerprint density at radius 3 is 2.46 bits per heavy atom. The van der Waals surface area contributed by atoms with E-state index < -0.39 is 36.7 Å². The molecule has 10 heteroatoms. The van der Waals surface area contributed by atoms with Gasteiger partial charge in [0.2, 0.25) is 6.29 Å². The number of aliphatic hydroxyl groups excluding tert-OH is 3. The van der Waals surface area contributed by atoms with E-state index in [4.69, 9.17) is 14.6 Å². The zero-order valence-corrected chi connectivity index (χ0v) is 15.3. The van der Waals surface area contributed by atoms with Crippen molar-refractivity contribution in [2.45, 2.75) is 41.5 Å². The Hall–Kier alpha value is -2.37. The van der Waals surface area contributed by atoms with Crippen molar-refractivity contribution in [2.75, 3.05) is 0 Å². The minimum absolute atomic E-state index is 0.282. The number of rotatable bonds is 6. The molecule has 1 aromatic heterocycles. The third-order valence-electron chi connectivity index (χ3n) is 4.16. The first kappa shape index (κ1) is 20.4. The number of aromatic nitrogens is 1. The van der Waals surface area contributed by atoms with E-state index in [2.05, 4.69) is 0 Å². The third kappa shape index (κ3) is 4.54. The van der Waals surface area contributed by atoms with Crippen LogP contribution in [0.1, 0.15) is 5.56 Å². The Kier molecular flexibility index (Phi) is 6.37.